The van der Waals surface area contributed by atoms with Gasteiger partial charge in [-0.25, -0.2) is 0 Å². The first-order valence-corrected chi connectivity index (χ1v) is 5.24. The van der Waals surface area contributed by atoms with Gasteiger partial charge in [-0.2, -0.15) is 5.10 Å². The van der Waals surface area contributed by atoms with E-state index in [0.717, 1.165) is 21.7 Å². The van der Waals surface area contributed by atoms with Gasteiger partial charge in [0.05, 0.1) is 10.4 Å². The lowest BCUT2D eigenvalue weighted by Gasteiger charge is -2.00. The minimum absolute atomic E-state index is 0.487. The molecule has 1 heterocycles. The number of hydrogen-bond acceptors (Lipinski definition) is 1. The van der Waals surface area contributed by atoms with E-state index in [1.54, 1.807) is 0 Å². The van der Waals surface area contributed by atoms with E-state index >= 15 is 0 Å². The zero-order valence-corrected chi connectivity index (χ0v) is 9.10. The Balaban J connectivity index is 2.65. The van der Waals surface area contributed by atoms with Crippen molar-refractivity contribution in [1.29, 1.82) is 0 Å². The van der Waals surface area contributed by atoms with Crippen LogP contribution in [0.4, 0.5) is 0 Å². The van der Waals surface area contributed by atoms with Gasteiger partial charge in [-0.05, 0) is 11.5 Å². The summed E-state index contributed by atoms with van der Waals surface area (Å²) in [6.07, 6.45) is 0. The first-order valence-electron chi connectivity index (χ1n) is 4.48. The number of H-pyrrole nitrogens is 1. The minimum atomic E-state index is 0.487. The zero-order chi connectivity index (χ0) is 10.4. The molecule has 0 bridgehead atoms. The largest absolute Gasteiger partial charge is 0.266 e. The molecule has 0 aliphatic carbocycles. The first-order chi connectivity index (χ1) is 7.27. The van der Waals surface area contributed by atoms with Crippen LogP contribution in [0.1, 0.15) is 0 Å². The van der Waals surface area contributed by atoms with E-state index in [4.69, 9.17) is 23.2 Å². The van der Waals surface area contributed by atoms with Gasteiger partial charge in [0.1, 0.15) is 10.7 Å². The molecule has 0 fully saturated rings. The van der Waals surface area contributed by atoms with Gasteiger partial charge in [0.2, 0.25) is 0 Å². The summed E-state index contributed by atoms with van der Waals surface area (Å²) in [6, 6.07) is 9.85. The topological polar surface area (TPSA) is 28.7 Å². The third-order valence-electron chi connectivity index (χ3n) is 2.46. The molecule has 0 aliphatic rings. The SMILES string of the molecule is Clc1cc2ccccc2c2n[nH]c(Cl)c12. The summed E-state index contributed by atoms with van der Waals surface area (Å²) in [6.45, 7) is 0. The molecular weight excluding hydrogens is 231 g/mol. The van der Waals surface area contributed by atoms with Crippen LogP contribution in [0.25, 0.3) is 21.7 Å². The van der Waals surface area contributed by atoms with Gasteiger partial charge in [0.25, 0.3) is 0 Å². The maximum atomic E-state index is 6.14. The lowest BCUT2D eigenvalue weighted by atomic mass is 10.1. The standard InChI is InChI=1S/C11H6Cl2N2/c12-8-5-6-3-1-2-4-7(6)10-9(8)11(13)15-14-10/h1-5H,(H,14,15). The predicted molar refractivity (Wildman–Crippen MR) is 63.6 cm³/mol. The summed E-state index contributed by atoms with van der Waals surface area (Å²) in [5.41, 5.74) is 0.822. The van der Waals surface area contributed by atoms with Crippen molar-refractivity contribution in [3.63, 3.8) is 0 Å². The molecule has 1 N–H and O–H groups in total. The van der Waals surface area contributed by atoms with E-state index < -0.39 is 0 Å². The van der Waals surface area contributed by atoms with Crippen LogP contribution < -0.4 is 0 Å². The molecule has 3 aromatic rings. The lowest BCUT2D eigenvalue weighted by Crippen LogP contribution is -1.76. The Kier molecular flexibility index (Phi) is 1.87. The fourth-order valence-electron chi connectivity index (χ4n) is 1.78. The third-order valence-corrected chi connectivity index (χ3v) is 3.03. The molecular formula is C11H6Cl2N2. The Morgan fingerprint density at radius 1 is 1.13 bits per heavy atom. The molecule has 0 saturated heterocycles. The third kappa shape index (κ3) is 1.22. The van der Waals surface area contributed by atoms with Crippen LogP contribution in [0, 0.1) is 0 Å². The number of nitrogens with one attached hydrogen (secondary N) is 1. The van der Waals surface area contributed by atoms with Crippen LogP contribution in [-0.4, -0.2) is 10.2 Å². The van der Waals surface area contributed by atoms with Crippen molar-refractivity contribution in [2.24, 2.45) is 0 Å². The fourth-order valence-corrected chi connectivity index (χ4v) is 2.36. The molecule has 0 saturated carbocycles. The van der Waals surface area contributed by atoms with Crippen LogP contribution in [0.3, 0.4) is 0 Å². The smallest absolute Gasteiger partial charge is 0.133 e. The van der Waals surface area contributed by atoms with E-state index in [1.165, 1.54) is 0 Å². The van der Waals surface area contributed by atoms with Crippen LogP contribution in [0.5, 0.6) is 0 Å². The van der Waals surface area contributed by atoms with Crippen molar-refractivity contribution in [2.45, 2.75) is 0 Å². The van der Waals surface area contributed by atoms with E-state index in [-0.39, 0.29) is 0 Å². The van der Waals surface area contributed by atoms with Gasteiger partial charge in [0, 0.05) is 5.39 Å². The molecule has 3 rings (SSSR count). The maximum absolute atomic E-state index is 6.14. The highest BCUT2D eigenvalue weighted by Crippen LogP contribution is 2.34. The molecule has 0 amide bonds. The molecule has 74 valence electrons. The average Bonchev–Trinajstić information content (AvgIpc) is 2.62. The Bertz CT molecular complexity index is 658. The Hall–Kier alpha value is -1.25. The number of fused-ring (bicyclic) bond motifs is 3. The van der Waals surface area contributed by atoms with Crippen molar-refractivity contribution in [1.82, 2.24) is 10.2 Å². The monoisotopic (exact) mass is 236 g/mol. The molecule has 0 spiro atoms. The van der Waals surface area contributed by atoms with Crippen LogP contribution >= 0.6 is 23.2 Å². The average molecular weight is 237 g/mol. The quantitative estimate of drug-likeness (QED) is 0.628. The van der Waals surface area contributed by atoms with Crippen molar-refractivity contribution < 1.29 is 0 Å². The van der Waals surface area contributed by atoms with E-state index in [1.807, 2.05) is 30.3 Å². The highest BCUT2D eigenvalue weighted by Gasteiger charge is 2.10. The number of aromatic amines is 1. The van der Waals surface area contributed by atoms with Crippen molar-refractivity contribution >= 4 is 44.9 Å². The van der Waals surface area contributed by atoms with Gasteiger partial charge >= 0.3 is 0 Å². The fraction of sp³-hybridized carbons (Fsp3) is 0. The van der Waals surface area contributed by atoms with Crippen LogP contribution in [0.15, 0.2) is 30.3 Å². The minimum Gasteiger partial charge on any atom is -0.266 e. The maximum Gasteiger partial charge on any atom is 0.133 e. The number of rotatable bonds is 0. The van der Waals surface area contributed by atoms with E-state index in [0.29, 0.717) is 10.2 Å². The molecule has 1 aromatic heterocycles. The summed E-state index contributed by atoms with van der Waals surface area (Å²) in [5, 5.41) is 10.9. The summed E-state index contributed by atoms with van der Waals surface area (Å²) >= 11 is 12.1. The molecule has 2 aromatic carbocycles. The van der Waals surface area contributed by atoms with Gasteiger partial charge in [-0.1, -0.05) is 47.5 Å². The molecule has 0 aliphatic heterocycles. The van der Waals surface area contributed by atoms with Gasteiger partial charge < -0.3 is 0 Å². The molecule has 0 unspecified atom stereocenters. The number of nitrogens with zero attached hydrogens (tertiary/aromatic N) is 1. The van der Waals surface area contributed by atoms with E-state index in [9.17, 15) is 0 Å². The first kappa shape index (κ1) is 9.01. The normalized spacial score (nSPS) is 11.3. The molecule has 0 atom stereocenters. The summed E-state index contributed by atoms with van der Waals surface area (Å²) in [4.78, 5) is 0. The summed E-state index contributed by atoms with van der Waals surface area (Å²) < 4.78 is 0. The van der Waals surface area contributed by atoms with Gasteiger partial charge in [-0.15, -0.1) is 0 Å². The number of benzene rings is 2. The Morgan fingerprint density at radius 3 is 2.80 bits per heavy atom. The van der Waals surface area contributed by atoms with Crippen LogP contribution in [-0.2, 0) is 0 Å². The molecule has 15 heavy (non-hydrogen) atoms. The van der Waals surface area contributed by atoms with Crippen molar-refractivity contribution in [3.8, 4) is 0 Å². The number of halogens is 2. The van der Waals surface area contributed by atoms with Crippen molar-refractivity contribution in [2.75, 3.05) is 0 Å². The van der Waals surface area contributed by atoms with Crippen molar-refractivity contribution in [3.05, 3.63) is 40.5 Å². The second kappa shape index (κ2) is 3.12. The highest BCUT2D eigenvalue weighted by atomic mass is 35.5. The molecule has 0 radical (unpaired) electrons. The van der Waals surface area contributed by atoms with Gasteiger partial charge in [-0.3, -0.25) is 5.10 Å². The number of hydrogen-bond donors (Lipinski definition) is 1. The van der Waals surface area contributed by atoms with Gasteiger partial charge in [0.15, 0.2) is 0 Å². The zero-order valence-electron chi connectivity index (χ0n) is 7.59. The summed E-state index contributed by atoms with van der Waals surface area (Å²) in [7, 11) is 0. The summed E-state index contributed by atoms with van der Waals surface area (Å²) in [5.74, 6) is 0. The molecule has 2 nitrogen and oxygen atoms in total. The van der Waals surface area contributed by atoms with E-state index in [2.05, 4.69) is 10.2 Å². The second-order valence-corrected chi connectivity index (χ2v) is 4.13. The predicted octanol–water partition coefficient (Wildman–Crippen LogP) is 4.02. The Labute approximate surface area is 95.8 Å². The lowest BCUT2D eigenvalue weighted by molar-refractivity contribution is 1.12. The second-order valence-electron chi connectivity index (χ2n) is 3.34. The Morgan fingerprint density at radius 2 is 1.93 bits per heavy atom. The van der Waals surface area contributed by atoms with Crippen LogP contribution in [0.2, 0.25) is 10.2 Å². The number of aromatic nitrogens is 2. The highest BCUT2D eigenvalue weighted by molar-refractivity contribution is 6.43. The molecule has 4 heteroatoms.